The van der Waals surface area contributed by atoms with Gasteiger partial charge in [-0.3, -0.25) is 14.4 Å². The number of para-hydroxylation sites is 1. The topological polar surface area (TPSA) is 86.7 Å². The van der Waals surface area contributed by atoms with Crippen LogP contribution in [0.15, 0.2) is 24.3 Å². The van der Waals surface area contributed by atoms with E-state index in [2.05, 4.69) is 5.32 Å². The van der Waals surface area contributed by atoms with Crippen LogP contribution in [-0.4, -0.2) is 35.5 Å². The molecule has 2 atom stereocenters. The van der Waals surface area contributed by atoms with Gasteiger partial charge in [-0.1, -0.05) is 12.1 Å². The Morgan fingerprint density at radius 1 is 1.33 bits per heavy atom. The number of aliphatic carboxylic acids is 1. The second-order valence-corrected chi connectivity index (χ2v) is 5.41. The fourth-order valence-corrected chi connectivity index (χ4v) is 2.41. The highest BCUT2D eigenvalue weighted by molar-refractivity contribution is 6.04. The molecular weight excluding hydrogens is 329 g/mol. The largest absolute Gasteiger partial charge is 0.481 e. The number of amides is 2. The predicted octanol–water partition coefficient (Wildman–Crippen LogP) is 1.65. The summed E-state index contributed by atoms with van der Waals surface area (Å²) in [5.74, 6) is -4.25. The number of benzene rings is 1. The van der Waals surface area contributed by atoms with Crippen molar-refractivity contribution in [2.24, 2.45) is 5.92 Å². The molecule has 0 aromatic heterocycles. The van der Waals surface area contributed by atoms with Crippen LogP contribution in [0, 0.1) is 5.92 Å². The molecule has 6 nitrogen and oxygen atoms in total. The van der Waals surface area contributed by atoms with Crippen LogP contribution in [0.25, 0.3) is 0 Å². The second-order valence-electron chi connectivity index (χ2n) is 5.41. The summed E-state index contributed by atoms with van der Waals surface area (Å²) in [6.45, 7) is 1.16. The molecule has 1 saturated heterocycles. The molecule has 1 aromatic rings. The Balaban J connectivity index is 2.19. The number of carbonyl (C=O) groups is 3. The number of nitrogens with zero attached hydrogens (tertiary/aromatic N) is 1. The normalized spacial score (nSPS) is 19.2. The molecule has 1 aliphatic rings. The summed E-state index contributed by atoms with van der Waals surface area (Å²) in [7, 11) is 0. The lowest BCUT2D eigenvalue weighted by Gasteiger charge is -2.22. The standard InChI is InChI=1S/C15H15F3N2O4/c1-8(14(23)24)12(21)19-10-6-7-20(13(10)22)11-5-3-2-4-9(11)15(16,17)18/h2-5,8,10H,6-7H2,1H3,(H,19,21)(H,23,24). The Hall–Kier alpha value is -2.58. The lowest BCUT2D eigenvalue weighted by molar-refractivity contribution is -0.147. The first-order valence-corrected chi connectivity index (χ1v) is 7.13. The minimum absolute atomic E-state index is 0.00166. The highest BCUT2D eigenvalue weighted by atomic mass is 19.4. The molecule has 9 heteroatoms. The summed E-state index contributed by atoms with van der Waals surface area (Å²) < 4.78 is 39.2. The van der Waals surface area contributed by atoms with E-state index in [0.29, 0.717) is 0 Å². The van der Waals surface area contributed by atoms with E-state index >= 15 is 0 Å². The van der Waals surface area contributed by atoms with Crippen molar-refractivity contribution in [3.8, 4) is 0 Å². The van der Waals surface area contributed by atoms with Crippen LogP contribution in [0.4, 0.5) is 18.9 Å². The van der Waals surface area contributed by atoms with Crippen molar-refractivity contribution in [2.45, 2.75) is 25.6 Å². The summed E-state index contributed by atoms with van der Waals surface area (Å²) in [6.07, 6.45) is -4.51. The first kappa shape index (κ1) is 17.8. The van der Waals surface area contributed by atoms with Crippen LogP contribution in [-0.2, 0) is 20.6 Å². The van der Waals surface area contributed by atoms with Crippen LogP contribution in [0.2, 0.25) is 0 Å². The van der Waals surface area contributed by atoms with Gasteiger partial charge in [0, 0.05) is 6.54 Å². The minimum atomic E-state index is -4.62. The van der Waals surface area contributed by atoms with E-state index in [9.17, 15) is 27.6 Å². The van der Waals surface area contributed by atoms with Gasteiger partial charge in [0.2, 0.25) is 11.8 Å². The highest BCUT2D eigenvalue weighted by Gasteiger charge is 2.40. The smallest absolute Gasteiger partial charge is 0.418 e. The lowest BCUT2D eigenvalue weighted by atomic mass is 10.1. The van der Waals surface area contributed by atoms with Gasteiger partial charge in [0.1, 0.15) is 12.0 Å². The maximum atomic E-state index is 13.1. The van der Waals surface area contributed by atoms with Gasteiger partial charge in [0.15, 0.2) is 0 Å². The number of rotatable bonds is 4. The molecule has 24 heavy (non-hydrogen) atoms. The molecule has 1 aliphatic heterocycles. The van der Waals surface area contributed by atoms with Gasteiger partial charge in [-0.05, 0) is 25.5 Å². The number of carbonyl (C=O) groups excluding carboxylic acids is 2. The first-order valence-electron chi connectivity index (χ1n) is 7.13. The zero-order valence-electron chi connectivity index (χ0n) is 12.6. The highest BCUT2D eigenvalue weighted by Crippen LogP contribution is 2.37. The second kappa shape index (κ2) is 6.50. The molecule has 2 rings (SSSR count). The van der Waals surface area contributed by atoms with Gasteiger partial charge < -0.3 is 15.3 Å². The van der Waals surface area contributed by atoms with Crippen molar-refractivity contribution in [2.75, 3.05) is 11.4 Å². The van der Waals surface area contributed by atoms with Crippen LogP contribution >= 0.6 is 0 Å². The van der Waals surface area contributed by atoms with Gasteiger partial charge >= 0.3 is 12.1 Å². The number of carboxylic acid groups (broad SMARTS) is 1. The van der Waals surface area contributed by atoms with E-state index in [1.165, 1.54) is 18.2 Å². The van der Waals surface area contributed by atoms with Crippen molar-refractivity contribution in [1.29, 1.82) is 0 Å². The van der Waals surface area contributed by atoms with Crippen molar-refractivity contribution in [3.63, 3.8) is 0 Å². The minimum Gasteiger partial charge on any atom is -0.481 e. The zero-order valence-corrected chi connectivity index (χ0v) is 12.6. The summed E-state index contributed by atoms with van der Waals surface area (Å²) >= 11 is 0. The number of nitrogens with one attached hydrogen (secondary N) is 1. The Morgan fingerprint density at radius 2 is 1.96 bits per heavy atom. The molecule has 1 heterocycles. The van der Waals surface area contributed by atoms with E-state index in [0.717, 1.165) is 17.9 Å². The number of hydrogen-bond acceptors (Lipinski definition) is 3. The van der Waals surface area contributed by atoms with Crippen molar-refractivity contribution < 1.29 is 32.7 Å². The maximum absolute atomic E-state index is 13.1. The molecule has 1 fully saturated rings. The number of carboxylic acids is 1. The van der Waals surface area contributed by atoms with E-state index in [1.54, 1.807) is 0 Å². The Labute approximate surface area is 135 Å². The van der Waals surface area contributed by atoms with E-state index in [1.807, 2.05) is 0 Å². The fraction of sp³-hybridized carbons (Fsp3) is 0.400. The quantitative estimate of drug-likeness (QED) is 0.813. The van der Waals surface area contributed by atoms with Gasteiger partial charge in [0.05, 0.1) is 11.3 Å². The summed E-state index contributed by atoms with van der Waals surface area (Å²) in [4.78, 5) is 35.7. The molecule has 0 spiro atoms. The monoisotopic (exact) mass is 344 g/mol. The molecule has 0 bridgehead atoms. The predicted molar refractivity (Wildman–Crippen MR) is 77.1 cm³/mol. The van der Waals surface area contributed by atoms with Gasteiger partial charge in [-0.2, -0.15) is 13.2 Å². The Morgan fingerprint density at radius 3 is 2.54 bits per heavy atom. The summed E-state index contributed by atoms with van der Waals surface area (Å²) in [6, 6.07) is 3.63. The van der Waals surface area contributed by atoms with Crippen LogP contribution < -0.4 is 10.2 Å². The maximum Gasteiger partial charge on any atom is 0.418 e. The molecular formula is C15H15F3N2O4. The number of halogens is 3. The Kier molecular flexibility index (Phi) is 4.81. The van der Waals surface area contributed by atoms with Gasteiger partial charge in [-0.15, -0.1) is 0 Å². The molecule has 0 aliphatic carbocycles. The Bertz CT molecular complexity index is 675. The van der Waals surface area contributed by atoms with Crippen LogP contribution in [0.3, 0.4) is 0 Å². The third-order valence-electron chi connectivity index (χ3n) is 3.79. The number of alkyl halides is 3. The van der Waals surface area contributed by atoms with Gasteiger partial charge in [-0.25, -0.2) is 0 Å². The SMILES string of the molecule is CC(C(=O)O)C(=O)NC1CCN(c2ccccc2C(F)(F)F)C1=O. The summed E-state index contributed by atoms with van der Waals surface area (Å²) in [5.41, 5.74) is -1.22. The molecule has 2 N–H and O–H groups in total. The molecule has 130 valence electrons. The number of hydrogen-bond donors (Lipinski definition) is 2. The van der Waals surface area contributed by atoms with E-state index in [-0.39, 0.29) is 18.7 Å². The lowest BCUT2D eigenvalue weighted by Crippen LogP contribution is -2.45. The zero-order chi connectivity index (χ0) is 18.1. The molecule has 1 aromatic carbocycles. The molecule has 2 unspecified atom stereocenters. The van der Waals surface area contributed by atoms with Crippen molar-refractivity contribution in [3.05, 3.63) is 29.8 Å². The average Bonchev–Trinajstić information content (AvgIpc) is 2.86. The van der Waals surface area contributed by atoms with E-state index < -0.39 is 41.5 Å². The summed E-state index contributed by atoms with van der Waals surface area (Å²) in [5, 5.41) is 11.0. The third kappa shape index (κ3) is 3.50. The van der Waals surface area contributed by atoms with E-state index in [4.69, 9.17) is 5.11 Å². The molecule has 0 saturated carbocycles. The molecule has 2 amide bonds. The first-order chi connectivity index (χ1) is 11.1. The van der Waals surface area contributed by atoms with Crippen LogP contribution in [0.5, 0.6) is 0 Å². The van der Waals surface area contributed by atoms with Crippen molar-refractivity contribution in [1.82, 2.24) is 5.32 Å². The average molecular weight is 344 g/mol. The molecule has 0 radical (unpaired) electrons. The van der Waals surface area contributed by atoms with Gasteiger partial charge in [0.25, 0.3) is 0 Å². The fourth-order valence-electron chi connectivity index (χ4n) is 2.41. The number of anilines is 1. The van der Waals surface area contributed by atoms with Crippen LogP contribution in [0.1, 0.15) is 18.9 Å². The third-order valence-corrected chi connectivity index (χ3v) is 3.79. The van der Waals surface area contributed by atoms with Crippen molar-refractivity contribution >= 4 is 23.5 Å².